The Labute approximate surface area is 90.4 Å². The summed E-state index contributed by atoms with van der Waals surface area (Å²) in [6.45, 7) is 4.37. The maximum Gasteiger partial charge on any atom is 0.397 e. The molecule has 1 aliphatic rings. The molecule has 0 aromatic heterocycles. The number of amides is 1. The highest BCUT2D eigenvalue weighted by molar-refractivity contribution is 6.32. The van der Waals surface area contributed by atoms with Crippen molar-refractivity contribution in [2.45, 2.75) is 45.6 Å². The van der Waals surface area contributed by atoms with E-state index in [1.165, 1.54) is 6.42 Å². The monoisotopic (exact) mass is 213 g/mol. The second-order valence-corrected chi connectivity index (χ2v) is 4.16. The van der Waals surface area contributed by atoms with E-state index in [1.807, 2.05) is 0 Å². The maximum atomic E-state index is 11.3. The Kier molecular flexibility index (Phi) is 4.59. The van der Waals surface area contributed by atoms with Gasteiger partial charge < -0.3 is 10.1 Å². The molecule has 4 heteroatoms. The molecule has 4 nitrogen and oxygen atoms in total. The smallest absolute Gasteiger partial charge is 0.397 e. The lowest BCUT2D eigenvalue weighted by Gasteiger charge is -2.26. The lowest BCUT2D eigenvalue weighted by atomic mass is 9.89. The third-order valence-electron chi connectivity index (χ3n) is 2.68. The summed E-state index contributed by atoms with van der Waals surface area (Å²) in [7, 11) is 0. The highest BCUT2D eigenvalue weighted by atomic mass is 16.5. The van der Waals surface area contributed by atoms with Crippen LogP contribution in [0.2, 0.25) is 0 Å². The van der Waals surface area contributed by atoms with Gasteiger partial charge in [0.1, 0.15) is 6.10 Å². The number of esters is 1. The molecule has 0 radical (unpaired) electrons. The Morgan fingerprint density at radius 3 is 2.73 bits per heavy atom. The van der Waals surface area contributed by atoms with Crippen molar-refractivity contribution in [2.75, 3.05) is 6.54 Å². The van der Waals surface area contributed by atoms with Crippen LogP contribution in [0.5, 0.6) is 0 Å². The van der Waals surface area contributed by atoms with Crippen LogP contribution in [0, 0.1) is 5.92 Å². The van der Waals surface area contributed by atoms with Crippen LogP contribution >= 0.6 is 0 Å². The van der Waals surface area contributed by atoms with Gasteiger partial charge in [0, 0.05) is 6.54 Å². The van der Waals surface area contributed by atoms with Crippen molar-refractivity contribution in [1.82, 2.24) is 5.32 Å². The van der Waals surface area contributed by atoms with Gasteiger partial charge in [-0.05, 0) is 32.1 Å². The summed E-state index contributed by atoms with van der Waals surface area (Å²) in [6.07, 6.45) is 3.97. The van der Waals surface area contributed by atoms with E-state index < -0.39 is 11.9 Å². The molecule has 15 heavy (non-hydrogen) atoms. The number of carbonyl (C=O) groups excluding carboxylic acids is 2. The van der Waals surface area contributed by atoms with Crippen molar-refractivity contribution in [3.63, 3.8) is 0 Å². The molecule has 0 aromatic carbocycles. The van der Waals surface area contributed by atoms with E-state index in [2.05, 4.69) is 12.2 Å². The predicted molar refractivity (Wildman–Crippen MR) is 56.2 cm³/mol. The number of likely N-dealkylation sites (N-methyl/N-ethyl adjacent to an activating group) is 1. The highest BCUT2D eigenvalue weighted by Crippen LogP contribution is 2.25. The number of ether oxygens (including phenoxy) is 1. The van der Waals surface area contributed by atoms with Crippen LogP contribution in [0.3, 0.4) is 0 Å². The molecule has 0 spiro atoms. The standard InChI is InChI=1S/C11H19NO3/c1-3-12-10(13)11(14)15-9-6-4-5-8(2)7-9/h8-9H,3-7H2,1-2H3,(H,12,13). The number of carbonyl (C=O) groups is 2. The summed E-state index contributed by atoms with van der Waals surface area (Å²) in [5.74, 6) is -0.780. The summed E-state index contributed by atoms with van der Waals surface area (Å²) in [5.41, 5.74) is 0. The quantitative estimate of drug-likeness (QED) is 0.554. The van der Waals surface area contributed by atoms with Crippen LogP contribution in [-0.2, 0) is 14.3 Å². The minimum absolute atomic E-state index is 0.0659. The molecule has 0 aromatic rings. The van der Waals surface area contributed by atoms with Crippen molar-refractivity contribution in [2.24, 2.45) is 5.92 Å². The Hall–Kier alpha value is -1.06. The van der Waals surface area contributed by atoms with Crippen LogP contribution in [0.1, 0.15) is 39.5 Å². The first-order valence-electron chi connectivity index (χ1n) is 5.62. The average molecular weight is 213 g/mol. The molecule has 1 saturated carbocycles. The third-order valence-corrected chi connectivity index (χ3v) is 2.68. The second-order valence-electron chi connectivity index (χ2n) is 4.16. The molecule has 1 aliphatic carbocycles. The zero-order valence-electron chi connectivity index (χ0n) is 9.41. The van der Waals surface area contributed by atoms with Gasteiger partial charge in [0.15, 0.2) is 0 Å². The molecule has 0 bridgehead atoms. The summed E-state index contributed by atoms with van der Waals surface area (Å²) < 4.78 is 5.13. The van der Waals surface area contributed by atoms with E-state index in [-0.39, 0.29) is 6.10 Å². The SMILES string of the molecule is CCNC(=O)C(=O)OC1CCCC(C)C1. The lowest BCUT2D eigenvalue weighted by molar-refractivity contribution is -0.160. The first kappa shape index (κ1) is 12.0. The number of rotatable bonds is 2. The highest BCUT2D eigenvalue weighted by Gasteiger charge is 2.24. The molecule has 1 fully saturated rings. The lowest BCUT2D eigenvalue weighted by Crippen LogP contribution is -2.35. The van der Waals surface area contributed by atoms with Gasteiger partial charge in [-0.3, -0.25) is 4.79 Å². The van der Waals surface area contributed by atoms with Crippen molar-refractivity contribution in [3.05, 3.63) is 0 Å². The van der Waals surface area contributed by atoms with Crippen LogP contribution in [0.4, 0.5) is 0 Å². The first-order chi connectivity index (χ1) is 7.13. The van der Waals surface area contributed by atoms with Gasteiger partial charge in [-0.15, -0.1) is 0 Å². The number of hydrogen-bond acceptors (Lipinski definition) is 3. The molecule has 86 valence electrons. The molecule has 0 saturated heterocycles. The van der Waals surface area contributed by atoms with Gasteiger partial charge in [0.25, 0.3) is 0 Å². The molecular formula is C11H19NO3. The van der Waals surface area contributed by atoms with Crippen LogP contribution < -0.4 is 5.32 Å². The summed E-state index contributed by atoms with van der Waals surface area (Å²) in [6, 6.07) is 0. The molecule has 0 heterocycles. The van der Waals surface area contributed by atoms with Crippen molar-refractivity contribution < 1.29 is 14.3 Å². The predicted octanol–water partition coefficient (Wildman–Crippen LogP) is 1.24. The zero-order valence-corrected chi connectivity index (χ0v) is 9.41. The Morgan fingerprint density at radius 2 is 2.13 bits per heavy atom. The number of nitrogens with one attached hydrogen (secondary N) is 1. The van der Waals surface area contributed by atoms with Crippen LogP contribution in [0.15, 0.2) is 0 Å². The van der Waals surface area contributed by atoms with Gasteiger partial charge >= 0.3 is 11.9 Å². The fraction of sp³-hybridized carbons (Fsp3) is 0.818. The largest absolute Gasteiger partial charge is 0.455 e. The minimum Gasteiger partial charge on any atom is -0.455 e. The molecule has 0 aliphatic heterocycles. The molecule has 1 N–H and O–H groups in total. The van der Waals surface area contributed by atoms with E-state index in [1.54, 1.807) is 6.92 Å². The van der Waals surface area contributed by atoms with Gasteiger partial charge in [-0.1, -0.05) is 13.3 Å². The Balaban J connectivity index is 2.33. The minimum atomic E-state index is -0.740. The van der Waals surface area contributed by atoms with E-state index in [0.29, 0.717) is 12.5 Å². The van der Waals surface area contributed by atoms with E-state index in [0.717, 1.165) is 19.3 Å². The van der Waals surface area contributed by atoms with Crippen molar-refractivity contribution in [1.29, 1.82) is 0 Å². The number of hydrogen-bond donors (Lipinski definition) is 1. The zero-order chi connectivity index (χ0) is 11.3. The molecular weight excluding hydrogens is 194 g/mol. The summed E-state index contributed by atoms with van der Waals surface area (Å²) in [4.78, 5) is 22.4. The normalized spacial score (nSPS) is 25.7. The van der Waals surface area contributed by atoms with E-state index >= 15 is 0 Å². The summed E-state index contributed by atoms with van der Waals surface area (Å²) in [5, 5.41) is 2.43. The van der Waals surface area contributed by atoms with E-state index in [9.17, 15) is 9.59 Å². The van der Waals surface area contributed by atoms with Gasteiger partial charge in [0.2, 0.25) is 0 Å². The molecule has 1 rings (SSSR count). The van der Waals surface area contributed by atoms with E-state index in [4.69, 9.17) is 4.74 Å². The van der Waals surface area contributed by atoms with Gasteiger partial charge in [-0.25, -0.2) is 4.79 Å². The Morgan fingerprint density at radius 1 is 1.40 bits per heavy atom. The maximum absolute atomic E-state index is 11.3. The third kappa shape index (κ3) is 3.90. The topological polar surface area (TPSA) is 55.4 Å². The summed E-state index contributed by atoms with van der Waals surface area (Å²) >= 11 is 0. The van der Waals surface area contributed by atoms with Gasteiger partial charge in [-0.2, -0.15) is 0 Å². The fourth-order valence-corrected chi connectivity index (χ4v) is 1.92. The molecule has 2 unspecified atom stereocenters. The second kappa shape index (κ2) is 5.73. The molecule has 2 atom stereocenters. The van der Waals surface area contributed by atoms with Crippen LogP contribution in [0.25, 0.3) is 0 Å². The van der Waals surface area contributed by atoms with Crippen molar-refractivity contribution >= 4 is 11.9 Å². The van der Waals surface area contributed by atoms with Gasteiger partial charge in [0.05, 0.1) is 0 Å². The Bertz CT molecular complexity index is 240. The fourth-order valence-electron chi connectivity index (χ4n) is 1.92. The van der Waals surface area contributed by atoms with Crippen molar-refractivity contribution in [3.8, 4) is 0 Å². The van der Waals surface area contributed by atoms with Crippen LogP contribution in [-0.4, -0.2) is 24.5 Å². The molecule has 1 amide bonds. The first-order valence-corrected chi connectivity index (χ1v) is 5.62. The average Bonchev–Trinajstić information content (AvgIpc) is 2.18.